The van der Waals surface area contributed by atoms with Crippen LogP contribution in [0.5, 0.6) is 0 Å². The molecule has 6 heterocycles. The number of rotatable bonds is 6. The fraction of sp³-hybridized carbons (Fsp3) is 0. The minimum atomic E-state index is 0.517. The first kappa shape index (κ1) is 25.4. The highest BCUT2D eigenvalue weighted by atomic mass is 16.4. The summed E-state index contributed by atoms with van der Waals surface area (Å²) in [6.45, 7) is 0. The Kier molecular flexibility index (Phi) is 6.27. The number of nitrogens with zero attached hydrogens (tertiary/aromatic N) is 6. The summed E-state index contributed by atoms with van der Waals surface area (Å²) in [5.41, 5.74) is 6.99. The second kappa shape index (κ2) is 10.8. The zero-order chi connectivity index (χ0) is 29.3. The van der Waals surface area contributed by atoms with E-state index in [4.69, 9.17) is 8.83 Å². The van der Waals surface area contributed by atoms with Crippen molar-refractivity contribution in [2.45, 2.75) is 0 Å². The first-order chi connectivity index (χ1) is 21.8. The van der Waals surface area contributed by atoms with Crippen LogP contribution < -0.4 is 0 Å². The molecule has 0 fully saturated rings. The van der Waals surface area contributed by atoms with E-state index in [-0.39, 0.29) is 0 Å². The van der Waals surface area contributed by atoms with E-state index < -0.39 is 0 Å². The molecule has 208 valence electrons. The monoisotopic (exact) mass is 570 g/mol. The van der Waals surface area contributed by atoms with Gasteiger partial charge in [-0.25, -0.2) is 9.97 Å². The molecule has 0 aliphatic carbocycles. The zero-order valence-electron chi connectivity index (χ0n) is 23.2. The van der Waals surface area contributed by atoms with Crippen LogP contribution in [0.15, 0.2) is 143 Å². The Morgan fingerprint density at radius 3 is 1.36 bits per heavy atom. The Labute approximate surface area is 251 Å². The van der Waals surface area contributed by atoms with Crippen molar-refractivity contribution >= 4 is 10.8 Å². The lowest BCUT2D eigenvalue weighted by atomic mass is 9.97. The van der Waals surface area contributed by atoms with E-state index >= 15 is 0 Å². The third-order valence-corrected chi connectivity index (χ3v) is 7.39. The third kappa shape index (κ3) is 4.70. The van der Waals surface area contributed by atoms with Crippen LogP contribution in [0, 0.1) is 0 Å². The van der Waals surface area contributed by atoms with Gasteiger partial charge in [-0.15, -0.1) is 0 Å². The molecule has 2 aromatic carbocycles. The fourth-order valence-corrected chi connectivity index (χ4v) is 5.26. The van der Waals surface area contributed by atoms with Gasteiger partial charge >= 0.3 is 0 Å². The van der Waals surface area contributed by atoms with Crippen molar-refractivity contribution in [3.05, 3.63) is 135 Å². The number of fused-ring (bicyclic) bond motifs is 1. The highest BCUT2D eigenvalue weighted by Gasteiger charge is 2.17. The highest BCUT2D eigenvalue weighted by Crippen LogP contribution is 2.38. The van der Waals surface area contributed by atoms with Crippen LogP contribution in [0.4, 0.5) is 0 Å². The summed E-state index contributed by atoms with van der Waals surface area (Å²) in [5, 5.41) is 2.03. The van der Waals surface area contributed by atoms with Gasteiger partial charge < -0.3 is 8.83 Å². The maximum Gasteiger partial charge on any atom is 0.226 e. The van der Waals surface area contributed by atoms with Gasteiger partial charge in [-0.1, -0.05) is 24.3 Å². The Bertz CT molecular complexity index is 2080. The minimum Gasteiger partial charge on any atom is -0.436 e. The molecule has 0 N–H and O–H groups in total. The van der Waals surface area contributed by atoms with Gasteiger partial charge in [0.15, 0.2) is 11.5 Å². The molecule has 8 heteroatoms. The minimum absolute atomic E-state index is 0.517. The van der Waals surface area contributed by atoms with Crippen LogP contribution in [0.25, 0.3) is 78.8 Å². The van der Waals surface area contributed by atoms with Gasteiger partial charge in [0.1, 0.15) is 0 Å². The molecule has 8 nitrogen and oxygen atoms in total. The molecule has 0 aliphatic rings. The van der Waals surface area contributed by atoms with Gasteiger partial charge in [-0.05, 0) is 71.4 Å². The van der Waals surface area contributed by atoms with Crippen molar-refractivity contribution in [3.8, 4) is 68.1 Å². The van der Waals surface area contributed by atoms with E-state index in [1.54, 1.807) is 49.6 Å². The van der Waals surface area contributed by atoms with Gasteiger partial charge in [0, 0.05) is 70.6 Å². The molecule has 44 heavy (non-hydrogen) atoms. The normalized spacial score (nSPS) is 11.2. The van der Waals surface area contributed by atoms with Crippen molar-refractivity contribution in [1.29, 1.82) is 0 Å². The predicted molar refractivity (Wildman–Crippen MR) is 168 cm³/mol. The lowest BCUT2D eigenvalue weighted by Crippen LogP contribution is -1.86. The Morgan fingerprint density at radius 1 is 0.409 bits per heavy atom. The smallest absolute Gasteiger partial charge is 0.226 e. The second-order valence-electron chi connectivity index (χ2n) is 10.1. The van der Waals surface area contributed by atoms with Gasteiger partial charge in [0.05, 0.1) is 23.8 Å². The zero-order valence-corrected chi connectivity index (χ0v) is 23.2. The molecular formula is C36H22N6O2. The molecule has 0 bridgehead atoms. The second-order valence-corrected chi connectivity index (χ2v) is 10.1. The standard InChI is InChI=1S/C36H22N6O2/c1-2-8-28-27(7-1)29(33-21-41-35(43-33)23-11-15-39-31(17-23)25-5-3-13-37-19-25)9-10-30(28)34-22-42-36(44-34)24-12-16-40-32(18-24)26-6-4-14-38-20-26/h1-22H. The number of aromatic nitrogens is 6. The molecule has 0 amide bonds. The molecule has 0 spiro atoms. The fourth-order valence-electron chi connectivity index (χ4n) is 5.26. The molecule has 0 saturated heterocycles. The molecule has 0 atom stereocenters. The van der Waals surface area contributed by atoms with Crippen LogP contribution in [0.1, 0.15) is 0 Å². The largest absolute Gasteiger partial charge is 0.436 e. The van der Waals surface area contributed by atoms with Crippen molar-refractivity contribution in [2.24, 2.45) is 0 Å². The summed E-state index contributed by atoms with van der Waals surface area (Å²) in [7, 11) is 0. The summed E-state index contributed by atoms with van der Waals surface area (Å²) in [6.07, 6.45) is 14.1. The molecule has 8 rings (SSSR count). The van der Waals surface area contributed by atoms with Crippen LogP contribution in [-0.4, -0.2) is 29.9 Å². The van der Waals surface area contributed by atoms with Crippen molar-refractivity contribution < 1.29 is 8.83 Å². The van der Waals surface area contributed by atoms with Crippen LogP contribution in [0.3, 0.4) is 0 Å². The topological polar surface area (TPSA) is 104 Å². The van der Waals surface area contributed by atoms with Crippen LogP contribution in [0.2, 0.25) is 0 Å². The van der Waals surface area contributed by atoms with Crippen LogP contribution >= 0.6 is 0 Å². The van der Waals surface area contributed by atoms with Gasteiger partial charge in [-0.2, -0.15) is 0 Å². The average Bonchev–Trinajstić information content (AvgIpc) is 3.80. The molecule has 0 unspecified atom stereocenters. The molecule has 6 aromatic heterocycles. The average molecular weight is 571 g/mol. The van der Waals surface area contributed by atoms with E-state index in [0.717, 1.165) is 55.5 Å². The third-order valence-electron chi connectivity index (χ3n) is 7.39. The molecule has 0 radical (unpaired) electrons. The summed E-state index contributed by atoms with van der Waals surface area (Å²) >= 11 is 0. The SMILES string of the molecule is c1cncc(-c2cc(-c3ncc(-c4ccc(-c5cnc(-c6ccnc(-c7cccnc7)c6)o5)c5ccccc45)o3)ccn2)c1. The maximum absolute atomic E-state index is 6.31. The van der Waals surface area contributed by atoms with E-state index in [0.29, 0.717) is 23.3 Å². The maximum atomic E-state index is 6.31. The summed E-state index contributed by atoms with van der Waals surface area (Å²) in [6, 6.07) is 27.7. The Hall–Kier alpha value is -6.28. The van der Waals surface area contributed by atoms with E-state index in [1.165, 1.54) is 0 Å². The number of pyridine rings is 4. The first-order valence-electron chi connectivity index (χ1n) is 14.0. The summed E-state index contributed by atoms with van der Waals surface area (Å²) < 4.78 is 12.6. The molecule has 0 saturated carbocycles. The van der Waals surface area contributed by atoms with E-state index in [2.05, 4.69) is 42.0 Å². The first-order valence-corrected chi connectivity index (χ1v) is 14.0. The summed E-state index contributed by atoms with van der Waals surface area (Å²) in [4.78, 5) is 26.6. The number of hydrogen-bond acceptors (Lipinski definition) is 8. The highest BCUT2D eigenvalue weighted by molar-refractivity contribution is 6.03. The van der Waals surface area contributed by atoms with Crippen molar-refractivity contribution in [3.63, 3.8) is 0 Å². The number of oxazole rings is 2. The summed E-state index contributed by atoms with van der Waals surface area (Å²) in [5.74, 6) is 2.37. The Balaban J connectivity index is 1.13. The predicted octanol–water partition coefficient (Wildman–Crippen LogP) is 8.40. The van der Waals surface area contributed by atoms with Gasteiger partial charge in [-0.3, -0.25) is 19.9 Å². The van der Waals surface area contributed by atoms with Gasteiger partial charge in [0.2, 0.25) is 11.8 Å². The Morgan fingerprint density at radius 2 is 0.909 bits per heavy atom. The van der Waals surface area contributed by atoms with Crippen LogP contribution in [-0.2, 0) is 0 Å². The quantitative estimate of drug-likeness (QED) is 0.196. The van der Waals surface area contributed by atoms with Gasteiger partial charge in [0.25, 0.3) is 0 Å². The van der Waals surface area contributed by atoms with E-state index in [9.17, 15) is 0 Å². The lowest BCUT2D eigenvalue weighted by molar-refractivity contribution is 0.588. The number of benzene rings is 2. The van der Waals surface area contributed by atoms with Crippen molar-refractivity contribution in [2.75, 3.05) is 0 Å². The van der Waals surface area contributed by atoms with Crippen molar-refractivity contribution in [1.82, 2.24) is 29.9 Å². The lowest BCUT2D eigenvalue weighted by Gasteiger charge is -2.08. The molecular weight excluding hydrogens is 548 g/mol. The molecule has 8 aromatic rings. The molecule has 0 aliphatic heterocycles. The number of hydrogen-bond donors (Lipinski definition) is 0. The van der Waals surface area contributed by atoms with E-state index in [1.807, 2.05) is 72.8 Å².